The molecule has 0 radical (unpaired) electrons. The van der Waals surface area contributed by atoms with Crippen LogP contribution in [0.5, 0.6) is 0 Å². The third-order valence-electron chi connectivity index (χ3n) is 11.6. The Balaban J connectivity index is 1.13. The second-order valence-corrected chi connectivity index (χ2v) is 13.5. The summed E-state index contributed by atoms with van der Waals surface area (Å²) in [5, 5.41) is 10.6. The number of rotatable bonds is 3. The molecule has 9 atom stereocenters. The van der Waals surface area contributed by atoms with Gasteiger partial charge in [-0.15, -0.1) is 0 Å². The van der Waals surface area contributed by atoms with E-state index in [0.29, 0.717) is 12.2 Å². The van der Waals surface area contributed by atoms with Crippen LogP contribution in [0.25, 0.3) is 0 Å². The zero-order valence-corrected chi connectivity index (χ0v) is 21.0. The summed E-state index contributed by atoms with van der Waals surface area (Å²) in [5.74, 6) is 4.79. The van der Waals surface area contributed by atoms with Gasteiger partial charge in [-0.1, -0.05) is 12.5 Å². The highest BCUT2D eigenvalue weighted by Gasteiger charge is 2.58. The van der Waals surface area contributed by atoms with Crippen molar-refractivity contribution in [1.82, 2.24) is 0 Å². The molecule has 5 aliphatic carbocycles. The Labute approximate surface area is 200 Å². The van der Waals surface area contributed by atoms with E-state index in [9.17, 15) is 9.90 Å². The van der Waals surface area contributed by atoms with E-state index in [1.807, 2.05) is 0 Å². The molecule has 0 bridgehead atoms. The molecule has 0 aromatic carbocycles. The first kappa shape index (κ1) is 22.5. The fourth-order valence-corrected chi connectivity index (χ4v) is 10.0. The van der Waals surface area contributed by atoms with E-state index in [1.54, 1.807) is 5.57 Å². The van der Waals surface area contributed by atoms with Crippen LogP contribution in [0.3, 0.4) is 0 Å². The number of carbonyl (C=O) groups excluding carboxylic acids is 1. The molecule has 6 aliphatic rings. The summed E-state index contributed by atoms with van der Waals surface area (Å²) in [5.41, 5.74) is 2.88. The largest absolute Gasteiger partial charge is 0.390 e. The van der Waals surface area contributed by atoms with Crippen molar-refractivity contribution in [3.8, 4) is 0 Å². The second kappa shape index (κ2) is 8.32. The van der Waals surface area contributed by atoms with E-state index < -0.39 is 5.60 Å². The molecular formula is C30H45NO2. The average molecular weight is 452 g/mol. The monoisotopic (exact) mass is 451 g/mol. The van der Waals surface area contributed by atoms with Crippen LogP contribution in [-0.4, -0.2) is 28.7 Å². The van der Waals surface area contributed by atoms with Gasteiger partial charge in [-0.3, -0.25) is 9.79 Å². The number of fused-ring (bicyclic) bond motifs is 5. The van der Waals surface area contributed by atoms with Crippen molar-refractivity contribution in [3.63, 3.8) is 0 Å². The van der Waals surface area contributed by atoms with Crippen LogP contribution < -0.4 is 0 Å². The van der Waals surface area contributed by atoms with Crippen molar-refractivity contribution in [1.29, 1.82) is 0 Å². The molecule has 4 saturated carbocycles. The topological polar surface area (TPSA) is 49.7 Å². The van der Waals surface area contributed by atoms with Gasteiger partial charge in [-0.25, -0.2) is 0 Å². The molecule has 1 unspecified atom stereocenters. The molecule has 33 heavy (non-hydrogen) atoms. The first-order valence-electron chi connectivity index (χ1n) is 14.3. The maximum absolute atomic E-state index is 13.7. The maximum Gasteiger partial charge on any atom is 0.138 e. The van der Waals surface area contributed by atoms with Crippen LogP contribution in [0.15, 0.2) is 16.1 Å². The number of Topliss-reactive ketones (excluding diaryl/α,β-unsaturated/α-hetero) is 1. The number of aliphatic hydroxyl groups is 1. The molecular weight excluding hydrogens is 406 g/mol. The van der Waals surface area contributed by atoms with Crippen LogP contribution >= 0.6 is 0 Å². The first-order chi connectivity index (χ1) is 15.8. The number of aliphatic imine (C=N–C) groups is 1. The number of ketones is 1. The lowest BCUT2D eigenvalue weighted by Gasteiger charge is -2.56. The Kier molecular flexibility index (Phi) is 5.67. The SMILES string of the molecule is C[C@@]1(O)CC[C@H]2[C@H](CC[C@@H]3[C@@H]2CC[C@]2(C)[C@@H](C(=O)CC4CC5=C(C=N4)CCCC5)CC[C@@H]32)C1. The molecule has 0 aromatic heterocycles. The quantitative estimate of drug-likeness (QED) is 0.520. The molecule has 1 aliphatic heterocycles. The van der Waals surface area contributed by atoms with Gasteiger partial charge in [-0.05, 0) is 137 Å². The zero-order valence-electron chi connectivity index (χ0n) is 21.0. The standard InChI is InChI=1S/C30H45NO2/c1-29(33)13-11-23-20(17-29)7-8-25-24(23)12-14-30(2)26(25)9-10-27(30)28(32)16-22-15-19-5-3-4-6-21(19)18-31-22/h18,20,22-27,33H,3-17H2,1-2H3/t20-,22?,23+,24-,25-,26+,27-,29-,30+/m1/s1. The lowest BCUT2D eigenvalue weighted by atomic mass is 9.49. The number of hydrogen-bond donors (Lipinski definition) is 1. The second-order valence-electron chi connectivity index (χ2n) is 13.5. The van der Waals surface area contributed by atoms with Crippen molar-refractivity contribution in [2.75, 3.05) is 0 Å². The number of carbonyl (C=O) groups is 1. The van der Waals surface area contributed by atoms with Crippen molar-refractivity contribution < 1.29 is 9.90 Å². The van der Waals surface area contributed by atoms with E-state index in [2.05, 4.69) is 20.1 Å². The average Bonchev–Trinajstić information content (AvgIpc) is 3.15. The van der Waals surface area contributed by atoms with Crippen LogP contribution in [0.4, 0.5) is 0 Å². The van der Waals surface area contributed by atoms with Crippen LogP contribution in [0.2, 0.25) is 0 Å². The molecule has 0 saturated heterocycles. The summed E-state index contributed by atoms with van der Waals surface area (Å²) in [4.78, 5) is 18.5. The van der Waals surface area contributed by atoms with Gasteiger partial charge < -0.3 is 5.11 Å². The molecule has 1 heterocycles. The molecule has 0 aromatic rings. The highest BCUT2D eigenvalue weighted by atomic mass is 16.3. The number of hydrogen-bond acceptors (Lipinski definition) is 3. The van der Waals surface area contributed by atoms with Crippen molar-refractivity contribution in [2.24, 2.45) is 45.9 Å². The van der Waals surface area contributed by atoms with Crippen LogP contribution in [0, 0.1) is 40.9 Å². The lowest BCUT2D eigenvalue weighted by Crippen LogP contribution is -2.51. The molecule has 3 nitrogen and oxygen atoms in total. The van der Waals surface area contributed by atoms with E-state index in [-0.39, 0.29) is 17.4 Å². The fourth-order valence-electron chi connectivity index (χ4n) is 10.0. The third-order valence-corrected chi connectivity index (χ3v) is 11.6. The molecule has 1 N–H and O–H groups in total. The van der Waals surface area contributed by atoms with Gasteiger partial charge in [0.25, 0.3) is 0 Å². The summed E-state index contributed by atoms with van der Waals surface area (Å²) in [7, 11) is 0. The predicted molar refractivity (Wildman–Crippen MR) is 133 cm³/mol. The molecule has 4 fully saturated rings. The van der Waals surface area contributed by atoms with Crippen molar-refractivity contribution >= 4 is 12.0 Å². The molecule has 0 amide bonds. The Morgan fingerprint density at radius 1 is 1.00 bits per heavy atom. The van der Waals surface area contributed by atoms with E-state index >= 15 is 0 Å². The van der Waals surface area contributed by atoms with Crippen molar-refractivity contribution in [2.45, 2.75) is 122 Å². The van der Waals surface area contributed by atoms with Gasteiger partial charge in [-0.2, -0.15) is 0 Å². The summed E-state index contributed by atoms with van der Waals surface area (Å²) in [6.45, 7) is 4.55. The summed E-state index contributed by atoms with van der Waals surface area (Å²) < 4.78 is 0. The molecule has 182 valence electrons. The zero-order chi connectivity index (χ0) is 22.8. The first-order valence-corrected chi connectivity index (χ1v) is 14.3. The predicted octanol–water partition coefficient (Wildman–Crippen LogP) is 6.68. The number of nitrogens with zero attached hydrogens (tertiary/aromatic N) is 1. The Morgan fingerprint density at radius 2 is 1.82 bits per heavy atom. The fraction of sp³-hybridized carbons (Fsp3) is 0.867. The van der Waals surface area contributed by atoms with Crippen LogP contribution in [0.1, 0.15) is 110 Å². The van der Waals surface area contributed by atoms with Crippen LogP contribution in [-0.2, 0) is 4.79 Å². The highest BCUT2D eigenvalue weighted by molar-refractivity contribution is 5.85. The van der Waals surface area contributed by atoms with Gasteiger partial charge in [0.2, 0.25) is 0 Å². The highest BCUT2D eigenvalue weighted by Crippen LogP contribution is 2.64. The van der Waals surface area contributed by atoms with Gasteiger partial charge in [0.1, 0.15) is 5.78 Å². The molecule has 0 spiro atoms. The Hall–Kier alpha value is -0.960. The Bertz CT molecular complexity index is 855. The number of dihydropyridines is 1. The molecule has 3 heteroatoms. The summed E-state index contributed by atoms with van der Waals surface area (Å²) in [6, 6.07) is 0.207. The number of allylic oxidation sites excluding steroid dienone is 1. The van der Waals surface area contributed by atoms with Gasteiger partial charge >= 0.3 is 0 Å². The maximum atomic E-state index is 13.7. The van der Waals surface area contributed by atoms with Gasteiger partial charge in [0, 0.05) is 18.6 Å². The lowest BCUT2D eigenvalue weighted by molar-refractivity contribution is -0.132. The summed E-state index contributed by atoms with van der Waals surface area (Å²) in [6.07, 6.45) is 19.7. The summed E-state index contributed by atoms with van der Waals surface area (Å²) >= 11 is 0. The third kappa shape index (κ3) is 3.89. The smallest absolute Gasteiger partial charge is 0.138 e. The van der Waals surface area contributed by atoms with Gasteiger partial charge in [0.05, 0.1) is 11.6 Å². The normalized spacial score (nSPS) is 49.1. The van der Waals surface area contributed by atoms with Crippen molar-refractivity contribution in [3.05, 3.63) is 11.1 Å². The van der Waals surface area contributed by atoms with Gasteiger partial charge in [0.15, 0.2) is 0 Å². The van der Waals surface area contributed by atoms with E-state index in [1.165, 1.54) is 69.8 Å². The molecule has 6 rings (SSSR count). The minimum atomic E-state index is -0.432. The van der Waals surface area contributed by atoms with E-state index in [0.717, 1.165) is 55.3 Å². The van der Waals surface area contributed by atoms with E-state index in [4.69, 9.17) is 4.99 Å². The Morgan fingerprint density at radius 3 is 2.70 bits per heavy atom. The minimum Gasteiger partial charge on any atom is -0.390 e. The minimum absolute atomic E-state index is 0.207.